The summed E-state index contributed by atoms with van der Waals surface area (Å²) in [6.45, 7) is 3.97. The molecular weight excluding hydrogens is 428 g/mol. The third kappa shape index (κ3) is 5.54. The number of hydrogen-bond donors (Lipinski definition) is 1. The molecule has 0 atom stereocenters. The van der Waals surface area contributed by atoms with Gasteiger partial charge in [0.2, 0.25) is 0 Å². The SMILES string of the molecule is NC(=O)C1(OC(=O)C2=CCCC2)CCC(CCN2CCN(c3ccc(F)cc3F)CC2)CC1. The molecule has 0 unspecified atom stereocenters. The van der Waals surface area contributed by atoms with Crippen molar-refractivity contribution in [3.8, 4) is 0 Å². The van der Waals surface area contributed by atoms with Crippen LogP contribution in [0.5, 0.6) is 0 Å². The smallest absolute Gasteiger partial charge is 0.334 e. The molecule has 2 aliphatic carbocycles. The third-order valence-corrected chi connectivity index (χ3v) is 7.43. The summed E-state index contributed by atoms with van der Waals surface area (Å²) in [7, 11) is 0. The van der Waals surface area contributed by atoms with Gasteiger partial charge < -0.3 is 15.4 Å². The topological polar surface area (TPSA) is 75.9 Å². The molecule has 4 rings (SSSR count). The van der Waals surface area contributed by atoms with Gasteiger partial charge in [0.25, 0.3) is 5.91 Å². The van der Waals surface area contributed by atoms with Crippen molar-refractivity contribution >= 4 is 17.6 Å². The van der Waals surface area contributed by atoms with Crippen LogP contribution in [0.1, 0.15) is 51.4 Å². The van der Waals surface area contributed by atoms with Crippen molar-refractivity contribution in [3.63, 3.8) is 0 Å². The number of halogens is 2. The molecule has 180 valence electrons. The fraction of sp³-hybridized carbons (Fsp3) is 0.600. The van der Waals surface area contributed by atoms with Gasteiger partial charge in [-0.15, -0.1) is 0 Å². The summed E-state index contributed by atoms with van der Waals surface area (Å²) >= 11 is 0. The monoisotopic (exact) mass is 461 g/mol. The zero-order valence-electron chi connectivity index (χ0n) is 19.0. The molecule has 1 aliphatic heterocycles. The second-order valence-corrected chi connectivity index (χ2v) is 9.53. The first kappa shape index (κ1) is 23.7. The zero-order valence-corrected chi connectivity index (χ0v) is 19.0. The Bertz CT molecular complexity index is 904. The quantitative estimate of drug-likeness (QED) is 0.629. The summed E-state index contributed by atoms with van der Waals surface area (Å²) in [4.78, 5) is 29.0. The molecule has 8 heteroatoms. The highest BCUT2D eigenvalue weighted by Gasteiger charge is 2.44. The maximum atomic E-state index is 14.0. The minimum atomic E-state index is -1.18. The van der Waals surface area contributed by atoms with Crippen LogP contribution in [0.15, 0.2) is 29.8 Å². The van der Waals surface area contributed by atoms with E-state index in [1.165, 1.54) is 12.1 Å². The Hall–Kier alpha value is -2.48. The van der Waals surface area contributed by atoms with Gasteiger partial charge >= 0.3 is 5.97 Å². The highest BCUT2D eigenvalue weighted by Crippen LogP contribution is 2.37. The molecule has 1 aromatic carbocycles. The number of allylic oxidation sites excluding steroid dienone is 1. The van der Waals surface area contributed by atoms with Crippen molar-refractivity contribution in [2.75, 3.05) is 37.6 Å². The van der Waals surface area contributed by atoms with Crippen molar-refractivity contribution < 1.29 is 23.1 Å². The van der Waals surface area contributed by atoms with E-state index in [1.807, 2.05) is 11.0 Å². The molecular formula is C25H33F2N3O3. The summed E-state index contributed by atoms with van der Waals surface area (Å²) in [5.74, 6) is -1.56. The van der Waals surface area contributed by atoms with Crippen molar-refractivity contribution in [1.82, 2.24) is 4.90 Å². The molecule has 3 aliphatic rings. The number of esters is 1. The van der Waals surface area contributed by atoms with E-state index in [0.717, 1.165) is 57.8 Å². The normalized spacial score (nSPS) is 26.2. The van der Waals surface area contributed by atoms with E-state index in [2.05, 4.69) is 4.90 Å². The Morgan fingerprint density at radius 2 is 1.85 bits per heavy atom. The van der Waals surface area contributed by atoms with Crippen molar-refractivity contribution in [3.05, 3.63) is 41.5 Å². The number of carbonyl (C=O) groups is 2. The van der Waals surface area contributed by atoms with Crippen LogP contribution in [0.4, 0.5) is 14.5 Å². The van der Waals surface area contributed by atoms with Gasteiger partial charge in [0.1, 0.15) is 11.6 Å². The maximum absolute atomic E-state index is 14.0. The van der Waals surface area contributed by atoms with Gasteiger partial charge in [-0.05, 0) is 76.0 Å². The number of hydrogen-bond acceptors (Lipinski definition) is 5. The van der Waals surface area contributed by atoms with Crippen LogP contribution in [-0.4, -0.2) is 55.1 Å². The van der Waals surface area contributed by atoms with Gasteiger partial charge in [0.15, 0.2) is 5.60 Å². The minimum Gasteiger partial charge on any atom is -0.446 e. The van der Waals surface area contributed by atoms with Gasteiger partial charge in [0, 0.05) is 37.8 Å². The predicted octanol–water partition coefficient (Wildman–Crippen LogP) is 3.54. The average molecular weight is 462 g/mol. The Morgan fingerprint density at radius 3 is 2.45 bits per heavy atom. The maximum Gasteiger partial charge on any atom is 0.334 e. The number of benzene rings is 1. The molecule has 6 nitrogen and oxygen atoms in total. The lowest BCUT2D eigenvalue weighted by molar-refractivity contribution is -0.168. The highest BCUT2D eigenvalue weighted by atomic mass is 19.1. The van der Waals surface area contributed by atoms with Crippen LogP contribution < -0.4 is 10.6 Å². The van der Waals surface area contributed by atoms with Crippen LogP contribution in [0, 0.1) is 17.6 Å². The molecule has 33 heavy (non-hydrogen) atoms. The van der Waals surface area contributed by atoms with Crippen LogP contribution in [0.2, 0.25) is 0 Å². The molecule has 2 N–H and O–H groups in total. The number of nitrogens with zero attached hydrogens (tertiary/aromatic N) is 2. The van der Waals surface area contributed by atoms with Crippen LogP contribution in [0.3, 0.4) is 0 Å². The summed E-state index contributed by atoms with van der Waals surface area (Å²) in [5, 5.41) is 0. The molecule has 0 bridgehead atoms. The summed E-state index contributed by atoms with van der Waals surface area (Å²) < 4.78 is 32.9. The Kier molecular flexibility index (Phi) is 7.32. The lowest BCUT2D eigenvalue weighted by Gasteiger charge is -2.39. The molecule has 1 heterocycles. The molecule has 0 spiro atoms. The molecule has 1 saturated heterocycles. The number of primary amides is 1. The number of carbonyl (C=O) groups excluding carboxylic acids is 2. The largest absolute Gasteiger partial charge is 0.446 e. The lowest BCUT2D eigenvalue weighted by atomic mass is 9.77. The molecule has 1 aromatic rings. The standard InChI is InChI=1S/C25H33F2N3O3/c26-20-5-6-22(21(27)17-20)30-15-13-29(14-16-30)12-9-18-7-10-25(11-8-18,24(28)32)33-23(31)19-3-1-2-4-19/h3,5-6,17-18H,1-2,4,7-16H2,(H2,28,32). The van der Waals surface area contributed by atoms with Gasteiger partial charge in [-0.3, -0.25) is 9.69 Å². The number of nitrogens with two attached hydrogens (primary N) is 1. The number of rotatable bonds is 7. The van der Waals surface area contributed by atoms with E-state index in [9.17, 15) is 18.4 Å². The van der Waals surface area contributed by atoms with Crippen LogP contribution in [0.25, 0.3) is 0 Å². The fourth-order valence-electron chi connectivity index (χ4n) is 5.25. The second kappa shape index (κ2) is 10.2. The minimum absolute atomic E-state index is 0.389. The van der Waals surface area contributed by atoms with E-state index >= 15 is 0 Å². The highest BCUT2D eigenvalue weighted by molar-refractivity contribution is 5.93. The average Bonchev–Trinajstić information content (AvgIpc) is 3.34. The van der Waals surface area contributed by atoms with E-state index < -0.39 is 23.1 Å². The number of anilines is 1. The van der Waals surface area contributed by atoms with E-state index in [4.69, 9.17) is 10.5 Å². The third-order valence-electron chi connectivity index (χ3n) is 7.43. The lowest BCUT2D eigenvalue weighted by Crippen LogP contribution is -2.50. The first-order valence-electron chi connectivity index (χ1n) is 12.0. The zero-order chi connectivity index (χ0) is 23.4. The van der Waals surface area contributed by atoms with E-state index in [0.29, 0.717) is 49.5 Å². The first-order chi connectivity index (χ1) is 15.9. The first-order valence-corrected chi connectivity index (χ1v) is 12.0. The molecule has 1 saturated carbocycles. The Morgan fingerprint density at radius 1 is 1.12 bits per heavy atom. The summed E-state index contributed by atoms with van der Waals surface area (Å²) in [5.41, 5.74) is 5.61. The van der Waals surface area contributed by atoms with Gasteiger partial charge in [0.05, 0.1) is 5.69 Å². The molecule has 0 radical (unpaired) electrons. The number of ether oxygens (including phenoxy) is 1. The van der Waals surface area contributed by atoms with Crippen molar-refractivity contribution in [2.45, 2.75) is 57.0 Å². The molecule has 0 aromatic heterocycles. The van der Waals surface area contributed by atoms with Gasteiger partial charge in [-0.1, -0.05) is 6.08 Å². The summed E-state index contributed by atoms with van der Waals surface area (Å²) in [6, 6.07) is 3.73. The fourth-order valence-corrected chi connectivity index (χ4v) is 5.25. The number of amides is 1. The second-order valence-electron chi connectivity index (χ2n) is 9.53. The van der Waals surface area contributed by atoms with Crippen molar-refractivity contribution in [2.24, 2.45) is 11.7 Å². The van der Waals surface area contributed by atoms with E-state index in [1.54, 1.807) is 0 Å². The van der Waals surface area contributed by atoms with E-state index in [-0.39, 0.29) is 5.97 Å². The molecule has 1 amide bonds. The molecule has 2 fully saturated rings. The predicted molar refractivity (Wildman–Crippen MR) is 122 cm³/mol. The van der Waals surface area contributed by atoms with Gasteiger partial charge in [-0.2, -0.15) is 0 Å². The van der Waals surface area contributed by atoms with Crippen molar-refractivity contribution in [1.29, 1.82) is 0 Å². The van der Waals surface area contributed by atoms with Crippen LogP contribution >= 0.6 is 0 Å². The Labute approximate surface area is 193 Å². The van der Waals surface area contributed by atoms with Crippen LogP contribution in [-0.2, 0) is 14.3 Å². The number of piperazine rings is 1. The Balaban J connectivity index is 1.22. The summed E-state index contributed by atoms with van der Waals surface area (Å²) in [6.07, 6.45) is 7.98. The van der Waals surface area contributed by atoms with Gasteiger partial charge in [-0.25, -0.2) is 13.6 Å².